The van der Waals surface area contributed by atoms with E-state index in [2.05, 4.69) is 4.90 Å². The average molecular weight is 351 g/mol. The summed E-state index contributed by atoms with van der Waals surface area (Å²) in [6.45, 7) is 5.49. The predicted molar refractivity (Wildman–Crippen MR) is 96.3 cm³/mol. The molecule has 0 aromatic heterocycles. The van der Waals surface area contributed by atoms with E-state index in [4.69, 9.17) is 4.74 Å². The molecular formula is C19H33N3O3. The van der Waals surface area contributed by atoms with Gasteiger partial charge < -0.3 is 14.5 Å². The molecule has 0 unspecified atom stereocenters. The van der Waals surface area contributed by atoms with Gasteiger partial charge in [-0.2, -0.15) is 0 Å². The molecule has 3 aliphatic rings. The van der Waals surface area contributed by atoms with Crippen molar-refractivity contribution in [1.82, 2.24) is 14.7 Å². The maximum Gasteiger partial charge on any atom is 0.409 e. The Hall–Kier alpha value is -1.30. The number of carbonyl (C=O) groups excluding carboxylic acids is 2. The number of carbonyl (C=O) groups is 2. The molecule has 6 nitrogen and oxygen atoms in total. The van der Waals surface area contributed by atoms with Gasteiger partial charge in [0.2, 0.25) is 5.91 Å². The first kappa shape index (κ1) is 18.5. The molecule has 2 amide bonds. The lowest BCUT2D eigenvalue weighted by atomic mass is 9.67. The van der Waals surface area contributed by atoms with Gasteiger partial charge in [0.1, 0.15) is 0 Å². The molecule has 0 aromatic rings. The molecule has 1 atom stereocenters. The minimum absolute atomic E-state index is 0.173. The second-order valence-electron chi connectivity index (χ2n) is 8.26. The molecule has 2 saturated heterocycles. The van der Waals surface area contributed by atoms with Crippen molar-refractivity contribution >= 4 is 12.0 Å². The first-order valence-corrected chi connectivity index (χ1v) is 9.74. The van der Waals surface area contributed by atoms with Crippen molar-refractivity contribution in [2.75, 3.05) is 40.3 Å². The first-order valence-electron chi connectivity index (χ1n) is 9.74. The molecule has 2 aliphatic heterocycles. The van der Waals surface area contributed by atoms with Crippen LogP contribution in [0.5, 0.6) is 0 Å². The molecule has 25 heavy (non-hydrogen) atoms. The Balaban J connectivity index is 1.47. The number of hydrogen-bond acceptors (Lipinski definition) is 4. The van der Waals surface area contributed by atoms with Gasteiger partial charge in [0, 0.05) is 52.2 Å². The van der Waals surface area contributed by atoms with Crippen molar-refractivity contribution < 1.29 is 14.3 Å². The molecule has 1 spiro atoms. The van der Waals surface area contributed by atoms with Crippen LogP contribution in [-0.4, -0.2) is 79.1 Å². The first-order chi connectivity index (χ1) is 11.9. The maximum atomic E-state index is 11.7. The second kappa shape index (κ2) is 7.52. The fraction of sp³-hybridized carbons (Fsp3) is 0.895. The lowest BCUT2D eigenvalue weighted by Gasteiger charge is -2.47. The smallest absolute Gasteiger partial charge is 0.409 e. The summed E-state index contributed by atoms with van der Waals surface area (Å²) >= 11 is 0. The number of likely N-dealkylation sites (tertiary alicyclic amines) is 2. The fourth-order valence-corrected chi connectivity index (χ4v) is 5.05. The van der Waals surface area contributed by atoms with Crippen LogP contribution in [0, 0.1) is 5.41 Å². The van der Waals surface area contributed by atoms with Gasteiger partial charge in [0.15, 0.2) is 0 Å². The number of ether oxygens (including phenoxy) is 1. The summed E-state index contributed by atoms with van der Waals surface area (Å²) in [6, 6.07) is 1.06. The highest BCUT2D eigenvalue weighted by molar-refractivity contribution is 5.73. The van der Waals surface area contributed by atoms with E-state index in [0.29, 0.717) is 17.5 Å². The zero-order valence-electron chi connectivity index (χ0n) is 16.0. The van der Waals surface area contributed by atoms with Crippen molar-refractivity contribution in [1.29, 1.82) is 0 Å². The van der Waals surface area contributed by atoms with Crippen LogP contribution in [0.15, 0.2) is 0 Å². The van der Waals surface area contributed by atoms with Gasteiger partial charge in [-0.3, -0.25) is 9.69 Å². The summed E-state index contributed by atoms with van der Waals surface area (Å²) < 4.78 is 4.85. The predicted octanol–water partition coefficient (Wildman–Crippen LogP) is 2.33. The van der Waals surface area contributed by atoms with Crippen molar-refractivity contribution in [2.45, 2.75) is 64.0 Å². The molecular weight excluding hydrogens is 318 g/mol. The average Bonchev–Trinajstić information content (AvgIpc) is 3.11. The van der Waals surface area contributed by atoms with E-state index in [1.54, 1.807) is 6.92 Å². The van der Waals surface area contributed by atoms with Crippen LogP contribution in [0.25, 0.3) is 0 Å². The van der Waals surface area contributed by atoms with Gasteiger partial charge in [-0.25, -0.2) is 4.79 Å². The van der Waals surface area contributed by atoms with Gasteiger partial charge in [0.05, 0.1) is 7.11 Å². The Bertz CT molecular complexity index is 492. The van der Waals surface area contributed by atoms with E-state index in [9.17, 15) is 9.59 Å². The fourth-order valence-electron chi connectivity index (χ4n) is 5.05. The number of hydrogen-bond donors (Lipinski definition) is 0. The maximum absolute atomic E-state index is 11.7. The highest BCUT2D eigenvalue weighted by Gasteiger charge is 2.41. The topological polar surface area (TPSA) is 53.1 Å². The van der Waals surface area contributed by atoms with E-state index in [1.807, 2.05) is 16.8 Å². The lowest BCUT2D eigenvalue weighted by molar-refractivity contribution is -0.129. The number of rotatable bonds is 2. The third kappa shape index (κ3) is 3.94. The summed E-state index contributed by atoms with van der Waals surface area (Å²) in [5.74, 6) is 0.173. The van der Waals surface area contributed by atoms with Crippen LogP contribution in [0.2, 0.25) is 0 Å². The number of likely N-dealkylation sites (N-methyl/N-ethyl adjacent to an activating group) is 1. The highest BCUT2D eigenvalue weighted by atomic mass is 16.5. The summed E-state index contributed by atoms with van der Waals surface area (Å²) in [5.41, 5.74) is 0.441. The van der Waals surface area contributed by atoms with Crippen molar-refractivity contribution in [3.63, 3.8) is 0 Å². The third-order valence-electron chi connectivity index (χ3n) is 7.03. The zero-order valence-corrected chi connectivity index (χ0v) is 16.0. The third-order valence-corrected chi connectivity index (χ3v) is 7.03. The van der Waals surface area contributed by atoms with E-state index in [-0.39, 0.29) is 12.0 Å². The van der Waals surface area contributed by atoms with Crippen LogP contribution >= 0.6 is 0 Å². The molecule has 3 fully saturated rings. The number of piperidine rings is 1. The molecule has 3 rings (SSSR count). The van der Waals surface area contributed by atoms with E-state index < -0.39 is 0 Å². The molecule has 1 aliphatic carbocycles. The summed E-state index contributed by atoms with van der Waals surface area (Å²) in [5, 5.41) is 0. The summed E-state index contributed by atoms with van der Waals surface area (Å²) in [7, 11) is 3.40. The minimum atomic E-state index is -0.179. The molecule has 6 heteroatoms. The lowest BCUT2D eigenvalue weighted by Crippen LogP contribution is -2.47. The molecule has 0 bridgehead atoms. The molecule has 0 aromatic carbocycles. The van der Waals surface area contributed by atoms with Crippen LogP contribution < -0.4 is 0 Å². The molecule has 0 N–H and O–H groups in total. The normalized spacial score (nSPS) is 27.5. The van der Waals surface area contributed by atoms with E-state index in [0.717, 1.165) is 45.4 Å². The SMILES string of the molecule is COC(=O)N1CCC2(CCC(N3CC[C@H](N(C)C(C)=O)C3)CC2)CC1. The number of nitrogens with zero attached hydrogens (tertiary/aromatic N) is 3. The van der Waals surface area contributed by atoms with Gasteiger partial charge in [-0.05, 0) is 50.4 Å². The molecule has 142 valence electrons. The summed E-state index contributed by atoms with van der Waals surface area (Å²) in [4.78, 5) is 29.6. The zero-order chi connectivity index (χ0) is 18.0. The Morgan fingerprint density at radius 3 is 2.24 bits per heavy atom. The van der Waals surface area contributed by atoms with Crippen molar-refractivity contribution in [2.24, 2.45) is 5.41 Å². The van der Waals surface area contributed by atoms with Crippen LogP contribution in [0.3, 0.4) is 0 Å². The van der Waals surface area contributed by atoms with Crippen molar-refractivity contribution in [3.8, 4) is 0 Å². The van der Waals surface area contributed by atoms with Gasteiger partial charge in [-0.1, -0.05) is 0 Å². The quantitative estimate of drug-likeness (QED) is 0.766. The Morgan fingerprint density at radius 1 is 1.04 bits per heavy atom. The van der Waals surface area contributed by atoms with Crippen LogP contribution in [-0.2, 0) is 9.53 Å². The van der Waals surface area contributed by atoms with Crippen molar-refractivity contribution in [3.05, 3.63) is 0 Å². The minimum Gasteiger partial charge on any atom is -0.453 e. The van der Waals surface area contributed by atoms with E-state index in [1.165, 1.54) is 32.8 Å². The number of amides is 2. The van der Waals surface area contributed by atoms with Gasteiger partial charge in [-0.15, -0.1) is 0 Å². The Labute approximate surface area is 151 Å². The van der Waals surface area contributed by atoms with Gasteiger partial charge in [0.25, 0.3) is 0 Å². The standard InChI is InChI=1S/C19H33N3O3/c1-15(23)20(2)17-6-11-22(14-17)16-4-7-19(8-5-16)9-12-21(13-10-19)18(24)25-3/h16-17H,4-14H2,1-3H3/t17-/m0/s1. The van der Waals surface area contributed by atoms with Crippen LogP contribution in [0.1, 0.15) is 51.9 Å². The molecule has 2 heterocycles. The molecule has 0 radical (unpaired) electrons. The Kier molecular flexibility index (Phi) is 5.56. The monoisotopic (exact) mass is 351 g/mol. The Morgan fingerprint density at radius 2 is 1.68 bits per heavy atom. The number of methoxy groups -OCH3 is 1. The van der Waals surface area contributed by atoms with Crippen LogP contribution in [0.4, 0.5) is 4.79 Å². The molecule has 1 saturated carbocycles. The largest absolute Gasteiger partial charge is 0.453 e. The van der Waals surface area contributed by atoms with E-state index >= 15 is 0 Å². The summed E-state index contributed by atoms with van der Waals surface area (Å²) in [6.07, 6.45) is 8.22. The van der Waals surface area contributed by atoms with Gasteiger partial charge >= 0.3 is 6.09 Å². The highest BCUT2D eigenvalue weighted by Crippen LogP contribution is 2.46. The second-order valence-corrected chi connectivity index (χ2v) is 8.26.